The van der Waals surface area contributed by atoms with Gasteiger partial charge in [-0.05, 0) is 64.0 Å². The van der Waals surface area contributed by atoms with Gasteiger partial charge in [0, 0.05) is 38.8 Å². The third-order valence-corrected chi connectivity index (χ3v) is 11.1. The van der Waals surface area contributed by atoms with Crippen molar-refractivity contribution in [1.82, 2.24) is 20.4 Å². The smallest absolute Gasteiger partial charge is 0.239 e. The van der Waals surface area contributed by atoms with Gasteiger partial charge in [0.05, 0.1) is 42.2 Å². The number of carbonyl (C=O) groups is 3. The highest BCUT2D eigenvalue weighted by molar-refractivity contribution is 5.85. The molecule has 0 spiro atoms. The van der Waals surface area contributed by atoms with Gasteiger partial charge >= 0.3 is 0 Å². The van der Waals surface area contributed by atoms with Gasteiger partial charge in [-0.2, -0.15) is 0 Å². The first kappa shape index (κ1) is 46.5. The first-order valence-electron chi connectivity index (χ1n) is 19.3. The lowest BCUT2D eigenvalue weighted by atomic mass is 9.89. The maximum Gasteiger partial charge on any atom is 0.239 e. The van der Waals surface area contributed by atoms with Gasteiger partial charge in [-0.3, -0.25) is 19.3 Å². The third kappa shape index (κ3) is 13.3. The molecule has 13 nitrogen and oxygen atoms in total. The van der Waals surface area contributed by atoms with E-state index in [1.165, 1.54) is 0 Å². The molecular formula is C40H71N5O8. The Bertz CT molecular complexity index is 1260. The van der Waals surface area contributed by atoms with Gasteiger partial charge in [0.1, 0.15) is 6.23 Å². The Kier molecular flexibility index (Phi) is 18.8. The van der Waals surface area contributed by atoms with Crippen LogP contribution in [-0.4, -0.2) is 125 Å². The lowest BCUT2D eigenvalue weighted by Gasteiger charge is -2.44. The minimum Gasteiger partial charge on any atom is -0.379 e. The van der Waals surface area contributed by atoms with Gasteiger partial charge in [-0.15, -0.1) is 0 Å². The van der Waals surface area contributed by atoms with Crippen LogP contribution >= 0.6 is 0 Å². The van der Waals surface area contributed by atoms with E-state index < -0.39 is 48.1 Å². The van der Waals surface area contributed by atoms with Crippen LogP contribution in [0.2, 0.25) is 0 Å². The van der Waals surface area contributed by atoms with E-state index >= 15 is 0 Å². The number of methoxy groups -OCH3 is 2. The van der Waals surface area contributed by atoms with E-state index in [0.29, 0.717) is 25.8 Å². The number of hydrogen-bond acceptors (Lipinski definition) is 10. The second-order valence-electron chi connectivity index (χ2n) is 16.2. The van der Waals surface area contributed by atoms with E-state index in [2.05, 4.69) is 17.6 Å². The Hall–Kier alpha value is -2.65. The molecule has 2 rings (SSSR count). The Balaban J connectivity index is 2.27. The second-order valence-corrected chi connectivity index (χ2v) is 16.2. The number of nitrogens with two attached hydrogens (primary N) is 1. The SMILES string of the molecule is CCC(C)C(C(CC(=O)N1CCCC1C(OC)C(C)C(=O)NC(Cc1ccccc1)CC(C)C(O)O)OC)N(C)C(O)C(NC(=O)C(C)(C)N)C(C)C. The van der Waals surface area contributed by atoms with Crippen molar-refractivity contribution >= 4 is 17.7 Å². The molecule has 0 bridgehead atoms. The lowest BCUT2D eigenvalue weighted by molar-refractivity contribution is -0.146. The van der Waals surface area contributed by atoms with Crippen molar-refractivity contribution in [1.29, 1.82) is 0 Å². The van der Waals surface area contributed by atoms with Gasteiger partial charge in [0.2, 0.25) is 17.7 Å². The highest BCUT2D eigenvalue weighted by Gasteiger charge is 2.43. The van der Waals surface area contributed by atoms with Crippen LogP contribution in [0.5, 0.6) is 0 Å². The number of amides is 3. The summed E-state index contributed by atoms with van der Waals surface area (Å²) >= 11 is 0. The number of rotatable bonds is 22. The average Bonchev–Trinajstić information content (AvgIpc) is 3.59. The molecule has 53 heavy (non-hydrogen) atoms. The first-order chi connectivity index (χ1) is 24.8. The van der Waals surface area contributed by atoms with Gasteiger partial charge in [0.25, 0.3) is 0 Å². The largest absolute Gasteiger partial charge is 0.379 e. The topological polar surface area (TPSA) is 187 Å². The molecule has 1 aromatic rings. The van der Waals surface area contributed by atoms with Crippen molar-refractivity contribution in [3.63, 3.8) is 0 Å². The molecule has 0 aromatic heterocycles. The van der Waals surface area contributed by atoms with Crippen LogP contribution in [0.15, 0.2) is 30.3 Å². The molecule has 1 aromatic carbocycles. The maximum atomic E-state index is 14.2. The highest BCUT2D eigenvalue weighted by Crippen LogP contribution is 2.30. The Morgan fingerprint density at radius 3 is 2.13 bits per heavy atom. The molecule has 1 heterocycles. The van der Waals surface area contributed by atoms with E-state index in [-0.39, 0.29) is 54.1 Å². The van der Waals surface area contributed by atoms with Crippen LogP contribution < -0.4 is 16.4 Å². The van der Waals surface area contributed by atoms with Gasteiger partial charge < -0.3 is 46.1 Å². The normalized spacial score (nSPS) is 20.4. The molecule has 1 saturated heterocycles. The molecular weight excluding hydrogens is 678 g/mol. The van der Waals surface area contributed by atoms with Crippen LogP contribution in [0.4, 0.5) is 0 Å². The van der Waals surface area contributed by atoms with Crippen LogP contribution in [0, 0.1) is 23.7 Å². The Labute approximate surface area is 318 Å². The zero-order valence-electron chi connectivity index (χ0n) is 34.1. The number of hydrogen-bond donors (Lipinski definition) is 6. The summed E-state index contributed by atoms with van der Waals surface area (Å²) < 4.78 is 12.0. The summed E-state index contributed by atoms with van der Waals surface area (Å²) in [5, 5.41) is 37.3. The molecule has 10 unspecified atom stereocenters. The van der Waals surface area contributed by atoms with Crippen molar-refractivity contribution < 1.29 is 39.2 Å². The Morgan fingerprint density at radius 1 is 1.00 bits per heavy atom. The summed E-state index contributed by atoms with van der Waals surface area (Å²) in [6, 6.07) is 8.04. The molecule has 304 valence electrons. The standard InChI is InChI=1S/C40H71N5O8/c1-12-25(4)34(44(9)37(48)33(24(2)3)43-39(51)40(7,8)41)31(52-10)23-32(46)45-20-16-19-30(45)35(53-11)27(6)36(47)42-29(21-26(5)38(49)50)22-28-17-14-13-15-18-28/h13-15,17-18,24-27,29-31,33-35,37-38,48-50H,12,16,19-23,41H2,1-11H3,(H,42,47)(H,43,51). The van der Waals surface area contributed by atoms with Crippen molar-refractivity contribution in [3.8, 4) is 0 Å². The fraction of sp³-hybridized carbons (Fsp3) is 0.775. The number of likely N-dealkylation sites (N-methyl/N-ethyl adjacent to an activating group) is 1. The zero-order valence-corrected chi connectivity index (χ0v) is 34.1. The number of benzene rings is 1. The molecule has 1 aliphatic heterocycles. The van der Waals surface area contributed by atoms with Crippen molar-refractivity contribution in [2.75, 3.05) is 27.8 Å². The maximum absolute atomic E-state index is 14.2. The number of ether oxygens (including phenoxy) is 2. The van der Waals surface area contributed by atoms with Crippen LogP contribution in [-0.2, 0) is 30.3 Å². The van der Waals surface area contributed by atoms with E-state index in [1.807, 2.05) is 51.1 Å². The predicted octanol–water partition coefficient (Wildman–Crippen LogP) is 2.64. The number of likely N-dealkylation sites (tertiary alicyclic amines) is 1. The molecule has 1 aliphatic rings. The van der Waals surface area contributed by atoms with E-state index in [0.717, 1.165) is 18.4 Å². The fourth-order valence-electron chi connectivity index (χ4n) is 7.54. The van der Waals surface area contributed by atoms with Gasteiger partial charge in [0.15, 0.2) is 6.29 Å². The summed E-state index contributed by atoms with van der Waals surface area (Å²) in [6.07, 6.45) is -0.642. The van der Waals surface area contributed by atoms with Gasteiger partial charge in [-0.1, -0.05) is 78.3 Å². The van der Waals surface area contributed by atoms with Crippen molar-refractivity contribution in [2.45, 2.75) is 148 Å². The summed E-state index contributed by atoms with van der Waals surface area (Å²) in [6.45, 7) is 15.2. The van der Waals surface area contributed by atoms with Crippen LogP contribution in [0.1, 0.15) is 93.1 Å². The molecule has 10 atom stereocenters. The van der Waals surface area contributed by atoms with Crippen LogP contribution in [0.25, 0.3) is 0 Å². The summed E-state index contributed by atoms with van der Waals surface area (Å²) in [5.41, 5.74) is 5.95. The quantitative estimate of drug-likeness (QED) is 0.0963. The average molecular weight is 750 g/mol. The van der Waals surface area contributed by atoms with Crippen molar-refractivity contribution in [3.05, 3.63) is 35.9 Å². The van der Waals surface area contributed by atoms with Crippen LogP contribution in [0.3, 0.4) is 0 Å². The minimum atomic E-state index is -1.51. The molecule has 3 amide bonds. The molecule has 0 radical (unpaired) electrons. The molecule has 13 heteroatoms. The number of carbonyl (C=O) groups excluding carboxylic acids is 3. The minimum absolute atomic E-state index is 0.0187. The van der Waals surface area contributed by atoms with Crippen molar-refractivity contribution in [2.24, 2.45) is 29.4 Å². The summed E-state index contributed by atoms with van der Waals surface area (Å²) in [7, 11) is 4.92. The predicted molar refractivity (Wildman–Crippen MR) is 206 cm³/mol. The monoisotopic (exact) mass is 750 g/mol. The van der Waals surface area contributed by atoms with E-state index in [9.17, 15) is 29.7 Å². The third-order valence-electron chi connectivity index (χ3n) is 11.1. The van der Waals surface area contributed by atoms with Gasteiger partial charge in [-0.25, -0.2) is 0 Å². The summed E-state index contributed by atoms with van der Waals surface area (Å²) in [4.78, 5) is 44.5. The number of aliphatic hydroxyl groups is 3. The lowest BCUT2D eigenvalue weighted by Crippen LogP contribution is -2.62. The summed E-state index contributed by atoms with van der Waals surface area (Å²) in [5.74, 6) is -1.90. The molecule has 0 aliphatic carbocycles. The van der Waals surface area contributed by atoms with E-state index in [1.54, 1.807) is 58.8 Å². The number of aliphatic hydroxyl groups excluding tert-OH is 2. The molecule has 1 fully saturated rings. The zero-order chi connectivity index (χ0) is 40.2. The number of nitrogens with zero attached hydrogens (tertiary/aromatic N) is 2. The fourth-order valence-corrected chi connectivity index (χ4v) is 7.54. The van der Waals surface area contributed by atoms with E-state index in [4.69, 9.17) is 15.2 Å². The first-order valence-corrected chi connectivity index (χ1v) is 19.3. The molecule has 0 saturated carbocycles. The number of nitrogens with one attached hydrogen (secondary N) is 2. The highest BCUT2D eigenvalue weighted by atomic mass is 16.5. The Morgan fingerprint density at radius 2 is 1.62 bits per heavy atom. The molecule has 7 N–H and O–H groups in total. The second kappa shape index (κ2) is 21.4.